The molecule has 0 nitrogen and oxygen atoms in total. The number of allylic oxidation sites excluding steroid dienone is 5. The summed E-state index contributed by atoms with van der Waals surface area (Å²) in [5, 5.41) is 0. The molecule has 1 aromatic carbocycles. The van der Waals surface area contributed by atoms with Gasteiger partial charge in [-0.2, -0.15) is 0 Å². The van der Waals surface area contributed by atoms with Crippen molar-refractivity contribution in [3.8, 4) is 0 Å². The quantitative estimate of drug-likeness (QED) is 0.406. The van der Waals surface area contributed by atoms with Gasteiger partial charge in [0.1, 0.15) is 0 Å². The molecular weight excluding hydrogens is 438 g/mol. The van der Waals surface area contributed by atoms with E-state index in [1.165, 1.54) is 39.0 Å². The third-order valence-electron chi connectivity index (χ3n) is 6.99. The SMILES string of the molecule is CCCC1=Cc2ccccc2[CH]1[Zr]([Cl])([Cl])[C]1(CC)C(C)=C(C)C(C)=C1C. The summed E-state index contributed by atoms with van der Waals surface area (Å²) in [6.45, 7) is 13.6. The van der Waals surface area contributed by atoms with E-state index in [0.29, 0.717) is 0 Å². The third kappa shape index (κ3) is 2.72. The number of rotatable bonds is 5. The molecule has 2 aliphatic rings. The van der Waals surface area contributed by atoms with Crippen molar-refractivity contribution in [2.24, 2.45) is 0 Å². The maximum atomic E-state index is 7.65. The van der Waals surface area contributed by atoms with E-state index in [0.717, 1.165) is 19.3 Å². The van der Waals surface area contributed by atoms with Gasteiger partial charge in [-0.05, 0) is 0 Å². The molecule has 0 spiro atoms. The molecule has 0 heterocycles. The van der Waals surface area contributed by atoms with Gasteiger partial charge in [-0.25, -0.2) is 0 Å². The van der Waals surface area contributed by atoms with Crippen LogP contribution >= 0.6 is 17.0 Å². The second-order valence-electron chi connectivity index (χ2n) is 7.91. The van der Waals surface area contributed by atoms with E-state index in [-0.39, 0.29) is 6.75 Å². The summed E-state index contributed by atoms with van der Waals surface area (Å²) < 4.78 is 0.133. The van der Waals surface area contributed by atoms with Gasteiger partial charge in [0, 0.05) is 0 Å². The van der Waals surface area contributed by atoms with Gasteiger partial charge in [-0.1, -0.05) is 0 Å². The predicted molar refractivity (Wildman–Crippen MR) is 114 cm³/mol. The van der Waals surface area contributed by atoms with E-state index in [9.17, 15) is 0 Å². The van der Waals surface area contributed by atoms with Gasteiger partial charge in [-0.15, -0.1) is 0 Å². The minimum absolute atomic E-state index is 0.110. The summed E-state index contributed by atoms with van der Waals surface area (Å²) in [5.74, 6) is 0. The Morgan fingerprint density at radius 1 is 0.962 bits per heavy atom. The molecule has 0 N–H and O–H groups in total. The van der Waals surface area contributed by atoms with Crippen molar-refractivity contribution < 1.29 is 17.9 Å². The summed E-state index contributed by atoms with van der Waals surface area (Å²) in [5.41, 5.74) is 9.81. The maximum absolute atomic E-state index is 7.65. The molecule has 0 aliphatic heterocycles. The molecule has 1 unspecified atom stereocenters. The molecule has 0 radical (unpaired) electrons. The van der Waals surface area contributed by atoms with Crippen LogP contribution in [0, 0.1) is 0 Å². The second-order valence-corrected chi connectivity index (χ2v) is 22.7. The van der Waals surface area contributed by atoms with E-state index in [2.05, 4.69) is 71.9 Å². The normalized spacial score (nSPS) is 22.2. The van der Waals surface area contributed by atoms with Gasteiger partial charge in [-0.3, -0.25) is 0 Å². The van der Waals surface area contributed by atoms with Gasteiger partial charge in [0.05, 0.1) is 0 Å². The van der Waals surface area contributed by atoms with Crippen molar-refractivity contribution in [3.05, 3.63) is 63.3 Å². The zero-order chi connectivity index (χ0) is 19.3. The van der Waals surface area contributed by atoms with Gasteiger partial charge in [0.25, 0.3) is 0 Å². The Labute approximate surface area is 170 Å². The summed E-state index contributed by atoms with van der Waals surface area (Å²) in [6.07, 6.45) is 5.59. The Balaban J connectivity index is 2.23. The van der Waals surface area contributed by atoms with Crippen LogP contribution in [0.3, 0.4) is 0 Å². The topological polar surface area (TPSA) is 0 Å². The number of hydrogen-bond donors (Lipinski definition) is 0. The Hall–Kier alpha value is -0.0969. The molecule has 3 heteroatoms. The Bertz CT molecular complexity index is 802. The van der Waals surface area contributed by atoms with Gasteiger partial charge < -0.3 is 0 Å². The van der Waals surface area contributed by atoms with E-state index >= 15 is 0 Å². The zero-order valence-corrected chi connectivity index (χ0v) is 20.8. The fourth-order valence-corrected chi connectivity index (χ4v) is 22.4. The number of fused-ring (bicyclic) bond motifs is 1. The van der Waals surface area contributed by atoms with Crippen LogP contribution in [0.2, 0.25) is 3.12 Å². The fraction of sp³-hybridized carbons (Fsp3) is 0.478. The Morgan fingerprint density at radius 2 is 1.54 bits per heavy atom. The van der Waals surface area contributed by atoms with E-state index in [1.54, 1.807) is 0 Å². The molecule has 0 bridgehead atoms. The van der Waals surface area contributed by atoms with Gasteiger partial charge >= 0.3 is 172 Å². The van der Waals surface area contributed by atoms with Crippen LogP contribution in [0.25, 0.3) is 6.08 Å². The molecule has 0 amide bonds. The van der Waals surface area contributed by atoms with Crippen LogP contribution in [0.4, 0.5) is 0 Å². The molecule has 0 saturated heterocycles. The molecule has 3 rings (SSSR count). The van der Waals surface area contributed by atoms with Crippen LogP contribution < -0.4 is 0 Å². The van der Waals surface area contributed by atoms with Crippen molar-refractivity contribution in [2.75, 3.05) is 0 Å². The van der Waals surface area contributed by atoms with Crippen LogP contribution in [0.1, 0.15) is 75.6 Å². The van der Waals surface area contributed by atoms with Crippen molar-refractivity contribution in [1.29, 1.82) is 0 Å². The van der Waals surface area contributed by atoms with E-state index in [1.807, 2.05) is 0 Å². The van der Waals surface area contributed by atoms with Crippen LogP contribution in [0.15, 0.2) is 52.1 Å². The van der Waals surface area contributed by atoms with Crippen LogP contribution in [-0.2, 0) is 17.9 Å². The molecule has 0 saturated carbocycles. The molecular formula is C23H30Cl2Zr. The van der Waals surface area contributed by atoms with Gasteiger partial charge in [0.2, 0.25) is 0 Å². The molecule has 0 fully saturated rings. The van der Waals surface area contributed by atoms with Gasteiger partial charge in [0.15, 0.2) is 0 Å². The summed E-state index contributed by atoms with van der Waals surface area (Å²) >= 11 is -3.75. The average molecular weight is 469 g/mol. The fourth-order valence-electron chi connectivity index (χ4n) is 5.32. The number of hydrogen-bond acceptors (Lipinski definition) is 0. The minimum atomic E-state index is -3.75. The first-order chi connectivity index (χ1) is 12.2. The predicted octanol–water partition coefficient (Wildman–Crippen LogP) is 8.64. The Kier molecular flexibility index (Phi) is 5.86. The number of halogens is 2. The van der Waals surface area contributed by atoms with Crippen LogP contribution in [-0.4, -0.2) is 0 Å². The summed E-state index contributed by atoms with van der Waals surface area (Å²) in [7, 11) is 15.3. The van der Waals surface area contributed by atoms with Crippen LogP contribution in [0.5, 0.6) is 0 Å². The molecule has 26 heavy (non-hydrogen) atoms. The third-order valence-corrected chi connectivity index (χ3v) is 22.4. The van der Waals surface area contributed by atoms with E-state index in [4.69, 9.17) is 17.0 Å². The first-order valence-corrected chi connectivity index (χ1v) is 18.7. The number of benzene rings is 1. The van der Waals surface area contributed by atoms with E-state index < -0.39 is 17.9 Å². The Morgan fingerprint density at radius 3 is 2.08 bits per heavy atom. The summed E-state index contributed by atoms with van der Waals surface area (Å²) in [4.78, 5) is 0. The van der Waals surface area contributed by atoms with Crippen molar-refractivity contribution >= 4 is 23.1 Å². The standard InChI is InChI=1S/C12H13.C11H17.2ClH.Zr/c1-2-5-10-8-11-6-3-4-7-12(11)9-10;1-6-11-9(4)7(2)8(3)10(11)5;;;/h3-4,6-9H,2,5H2,1H3;6H2,1-5H3;2*1H;/q;;;;+2/p-2. The molecule has 1 atom stereocenters. The second kappa shape index (κ2) is 7.38. The first kappa shape index (κ1) is 20.6. The monoisotopic (exact) mass is 466 g/mol. The molecule has 1 aromatic rings. The van der Waals surface area contributed by atoms with Crippen molar-refractivity contribution in [1.82, 2.24) is 0 Å². The molecule has 140 valence electrons. The van der Waals surface area contributed by atoms with Crippen molar-refractivity contribution in [2.45, 2.75) is 67.6 Å². The molecule has 2 aliphatic carbocycles. The zero-order valence-electron chi connectivity index (χ0n) is 16.8. The van der Waals surface area contributed by atoms with Crippen molar-refractivity contribution in [3.63, 3.8) is 0 Å². The first-order valence-electron chi connectivity index (χ1n) is 9.77. The summed E-state index contributed by atoms with van der Waals surface area (Å²) in [6, 6.07) is 8.73. The molecule has 0 aromatic heterocycles. The average Bonchev–Trinajstić information content (AvgIpc) is 3.06.